The minimum Gasteiger partial charge on any atom is -0.496 e. The Balaban J connectivity index is 3.32. The van der Waals surface area contributed by atoms with E-state index in [2.05, 4.69) is 21.2 Å². The Bertz CT molecular complexity index is 643. The van der Waals surface area contributed by atoms with E-state index in [9.17, 15) is 0 Å². The van der Waals surface area contributed by atoms with Crippen LogP contribution in [0.3, 0.4) is 0 Å². The van der Waals surface area contributed by atoms with E-state index in [1.165, 1.54) is 7.11 Å². The van der Waals surface area contributed by atoms with Crippen LogP contribution >= 0.6 is 15.9 Å². The molecule has 0 saturated heterocycles. The Hall–Kier alpha value is -2.49. The van der Waals surface area contributed by atoms with Gasteiger partial charge in [0.1, 0.15) is 29.7 Å². The van der Waals surface area contributed by atoms with Crippen LogP contribution in [0, 0.1) is 40.9 Å². The van der Waals surface area contributed by atoms with E-state index >= 15 is 0 Å². The first kappa shape index (κ1) is 14.6. The molecule has 6 heteroatoms. The van der Waals surface area contributed by atoms with E-state index in [1.807, 2.05) is 0 Å². The summed E-state index contributed by atoms with van der Waals surface area (Å²) in [6.45, 7) is 1.81. The first-order valence-electron chi connectivity index (χ1n) is 5.13. The minimum absolute atomic E-state index is 0.0896. The summed E-state index contributed by atoms with van der Waals surface area (Å²) in [7, 11) is 1.54. The Morgan fingerprint density at radius 3 is 2.32 bits per heavy atom. The van der Waals surface area contributed by atoms with Gasteiger partial charge in [0.25, 0.3) is 0 Å². The SMILES string of the molecule is COc1cc(Br)cc(NC(C#N)=C(C#N)C#N)c1C. The van der Waals surface area contributed by atoms with Gasteiger partial charge in [-0.2, -0.15) is 15.8 Å². The molecule has 0 spiro atoms. The fourth-order valence-electron chi connectivity index (χ4n) is 1.41. The normalized spacial score (nSPS) is 8.63. The van der Waals surface area contributed by atoms with Crippen LogP contribution in [0.15, 0.2) is 27.9 Å². The molecular formula is C13H9BrN4O. The van der Waals surface area contributed by atoms with Gasteiger partial charge in [0.15, 0.2) is 5.57 Å². The predicted molar refractivity (Wildman–Crippen MR) is 72.9 cm³/mol. The van der Waals surface area contributed by atoms with E-state index < -0.39 is 0 Å². The number of hydrogen-bond acceptors (Lipinski definition) is 5. The lowest BCUT2D eigenvalue weighted by Crippen LogP contribution is -2.03. The van der Waals surface area contributed by atoms with Crippen LogP contribution in [0.1, 0.15) is 5.56 Å². The second kappa shape index (κ2) is 6.44. The zero-order chi connectivity index (χ0) is 14.4. The van der Waals surface area contributed by atoms with E-state index in [1.54, 1.807) is 37.3 Å². The lowest BCUT2D eigenvalue weighted by molar-refractivity contribution is 0.411. The van der Waals surface area contributed by atoms with Crippen molar-refractivity contribution < 1.29 is 4.74 Å². The first-order chi connectivity index (χ1) is 9.07. The summed E-state index contributed by atoms with van der Waals surface area (Å²) in [5.74, 6) is 0.629. The van der Waals surface area contributed by atoms with Crippen LogP contribution < -0.4 is 10.1 Å². The summed E-state index contributed by atoms with van der Waals surface area (Å²) in [4.78, 5) is 0. The third-order valence-electron chi connectivity index (χ3n) is 2.39. The monoisotopic (exact) mass is 316 g/mol. The van der Waals surface area contributed by atoms with Crippen molar-refractivity contribution in [1.82, 2.24) is 0 Å². The molecule has 1 aromatic carbocycles. The Morgan fingerprint density at radius 1 is 1.21 bits per heavy atom. The number of anilines is 1. The molecule has 0 bridgehead atoms. The largest absolute Gasteiger partial charge is 0.496 e. The highest BCUT2D eigenvalue weighted by Crippen LogP contribution is 2.31. The number of nitrogens with one attached hydrogen (secondary N) is 1. The number of hydrogen-bond donors (Lipinski definition) is 1. The molecule has 0 amide bonds. The van der Waals surface area contributed by atoms with E-state index in [0.29, 0.717) is 11.4 Å². The Labute approximate surface area is 119 Å². The fourth-order valence-corrected chi connectivity index (χ4v) is 1.85. The zero-order valence-corrected chi connectivity index (χ0v) is 11.9. The fraction of sp³-hybridized carbons (Fsp3) is 0.154. The molecule has 0 aliphatic heterocycles. The molecule has 5 nitrogen and oxygen atoms in total. The molecule has 94 valence electrons. The number of benzene rings is 1. The van der Waals surface area contributed by atoms with E-state index in [0.717, 1.165) is 10.0 Å². The number of halogens is 1. The van der Waals surface area contributed by atoms with Crippen LogP contribution in [0.2, 0.25) is 0 Å². The molecule has 1 N–H and O–H groups in total. The number of nitrogens with zero attached hydrogens (tertiary/aromatic N) is 3. The van der Waals surface area contributed by atoms with Crippen molar-refractivity contribution in [2.75, 3.05) is 12.4 Å². The Kier molecular flexibility index (Phi) is 4.94. The molecular weight excluding hydrogens is 308 g/mol. The number of ether oxygens (including phenoxy) is 1. The second-order valence-corrected chi connectivity index (χ2v) is 4.41. The van der Waals surface area contributed by atoms with Gasteiger partial charge in [-0.25, -0.2) is 0 Å². The average molecular weight is 317 g/mol. The van der Waals surface area contributed by atoms with Crippen molar-refractivity contribution in [3.05, 3.63) is 33.4 Å². The van der Waals surface area contributed by atoms with Crippen molar-refractivity contribution in [1.29, 1.82) is 15.8 Å². The third-order valence-corrected chi connectivity index (χ3v) is 2.85. The molecule has 0 aromatic heterocycles. The summed E-state index contributed by atoms with van der Waals surface area (Å²) in [6, 6.07) is 8.68. The molecule has 19 heavy (non-hydrogen) atoms. The van der Waals surface area contributed by atoms with Crippen molar-refractivity contribution >= 4 is 21.6 Å². The first-order valence-corrected chi connectivity index (χ1v) is 5.92. The maximum Gasteiger partial charge on any atom is 0.163 e. The maximum absolute atomic E-state index is 8.99. The number of nitriles is 3. The van der Waals surface area contributed by atoms with Crippen molar-refractivity contribution in [2.45, 2.75) is 6.92 Å². The smallest absolute Gasteiger partial charge is 0.163 e. The van der Waals surface area contributed by atoms with Gasteiger partial charge in [0, 0.05) is 15.7 Å². The summed E-state index contributed by atoms with van der Waals surface area (Å²) >= 11 is 3.32. The van der Waals surface area contributed by atoms with Gasteiger partial charge < -0.3 is 10.1 Å². The number of allylic oxidation sites excluding steroid dienone is 2. The minimum atomic E-state index is -0.263. The predicted octanol–water partition coefficient (Wildman–Crippen LogP) is 3.00. The van der Waals surface area contributed by atoms with Crippen LogP contribution in [-0.4, -0.2) is 7.11 Å². The highest BCUT2D eigenvalue weighted by Gasteiger charge is 2.11. The van der Waals surface area contributed by atoms with E-state index in [-0.39, 0.29) is 11.3 Å². The summed E-state index contributed by atoms with van der Waals surface area (Å²) in [6.07, 6.45) is 0. The molecule has 1 rings (SSSR count). The van der Waals surface area contributed by atoms with Crippen LogP contribution in [0.5, 0.6) is 5.75 Å². The van der Waals surface area contributed by atoms with Gasteiger partial charge in [-0.3, -0.25) is 0 Å². The topological polar surface area (TPSA) is 92.6 Å². The summed E-state index contributed by atoms with van der Waals surface area (Å²) in [5.41, 5.74) is 1.01. The number of rotatable bonds is 3. The molecule has 1 aromatic rings. The Morgan fingerprint density at radius 2 is 1.84 bits per heavy atom. The van der Waals surface area contributed by atoms with Crippen molar-refractivity contribution in [3.63, 3.8) is 0 Å². The molecule has 0 unspecified atom stereocenters. The van der Waals surface area contributed by atoms with Crippen molar-refractivity contribution in [3.8, 4) is 24.0 Å². The van der Waals surface area contributed by atoms with Gasteiger partial charge >= 0.3 is 0 Å². The molecule has 0 atom stereocenters. The molecule has 0 heterocycles. The van der Waals surface area contributed by atoms with Gasteiger partial charge in [-0.05, 0) is 19.1 Å². The summed E-state index contributed by atoms with van der Waals surface area (Å²) in [5, 5.41) is 29.3. The third kappa shape index (κ3) is 3.25. The van der Waals surface area contributed by atoms with Crippen molar-refractivity contribution in [2.24, 2.45) is 0 Å². The van der Waals surface area contributed by atoms with Crippen LogP contribution in [0.4, 0.5) is 5.69 Å². The molecule has 0 saturated carbocycles. The van der Waals surface area contributed by atoms with Gasteiger partial charge in [0.05, 0.1) is 7.11 Å². The average Bonchev–Trinajstić information content (AvgIpc) is 2.42. The van der Waals surface area contributed by atoms with Gasteiger partial charge in [-0.15, -0.1) is 0 Å². The zero-order valence-electron chi connectivity index (χ0n) is 10.3. The van der Waals surface area contributed by atoms with Crippen LogP contribution in [-0.2, 0) is 0 Å². The number of methoxy groups -OCH3 is 1. The second-order valence-electron chi connectivity index (χ2n) is 3.49. The van der Waals surface area contributed by atoms with Crippen LogP contribution in [0.25, 0.3) is 0 Å². The van der Waals surface area contributed by atoms with Gasteiger partial charge in [-0.1, -0.05) is 15.9 Å². The lowest BCUT2D eigenvalue weighted by atomic mass is 10.1. The molecule has 0 fully saturated rings. The highest BCUT2D eigenvalue weighted by molar-refractivity contribution is 9.10. The lowest BCUT2D eigenvalue weighted by Gasteiger charge is -2.12. The standard InChI is InChI=1S/C13H9BrN4O/c1-8-11(3-10(14)4-13(8)19-2)18-12(7-17)9(5-15)6-16/h3-4,18H,1-2H3. The van der Waals surface area contributed by atoms with Gasteiger partial charge in [0.2, 0.25) is 0 Å². The highest BCUT2D eigenvalue weighted by atomic mass is 79.9. The molecule has 0 radical (unpaired) electrons. The quantitative estimate of drug-likeness (QED) is 0.865. The van der Waals surface area contributed by atoms with E-state index in [4.69, 9.17) is 20.5 Å². The molecule has 0 aliphatic rings. The molecule has 0 aliphatic carbocycles. The summed E-state index contributed by atoms with van der Waals surface area (Å²) < 4.78 is 5.95. The maximum atomic E-state index is 8.99.